The van der Waals surface area contributed by atoms with E-state index in [1.807, 2.05) is 0 Å². The van der Waals surface area contributed by atoms with Crippen LogP contribution in [0.3, 0.4) is 0 Å². The molecule has 1 aromatic rings. The number of amides is 1. The van der Waals surface area contributed by atoms with Gasteiger partial charge in [0, 0.05) is 12.1 Å². The van der Waals surface area contributed by atoms with E-state index in [1.54, 1.807) is 13.8 Å². The third kappa shape index (κ3) is 4.94. The fraction of sp³-hybridized carbons (Fsp3) is 0.588. The quantitative estimate of drug-likeness (QED) is 0.832. The van der Waals surface area contributed by atoms with Gasteiger partial charge in [-0.1, -0.05) is 31.4 Å². The van der Waals surface area contributed by atoms with E-state index in [-0.39, 0.29) is 33.5 Å². The van der Waals surface area contributed by atoms with Crippen LogP contribution < -0.4 is 10.0 Å². The van der Waals surface area contributed by atoms with Gasteiger partial charge in [-0.3, -0.25) is 4.79 Å². The van der Waals surface area contributed by atoms with E-state index in [9.17, 15) is 13.2 Å². The zero-order valence-corrected chi connectivity index (χ0v) is 15.9. The number of benzene rings is 1. The minimum Gasteiger partial charge on any atom is -0.349 e. The second kappa shape index (κ2) is 7.85. The number of hydrogen-bond donors (Lipinski definition) is 2. The fourth-order valence-corrected chi connectivity index (χ4v) is 4.53. The molecule has 2 rings (SSSR count). The molecule has 2 atom stereocenters. The summed E-state index contributed by atoms with van der Waals surface area (Å²) in [6, 6.07) is 4.09. The Hall–Kier alpha value is -1.11. The number of sulfonamides is 1. The summed E-state index contributed by atoms with van der Waals surface area (Å²) in [4.78, 5) is 12.6. The summed E-state index contributed by atoms with van der Waals surface area (Å²) in [7, 11) is -3.66. The van der Waals surface area contributed by atoms with E-state index >= 15 is 0 Å². The molecule has 1 aromatic carbocycles. The first-order valence-corrected chi connectivity index (χ1v) is 10.2. The first-order chi connectivity index (χ1) is 11.2. The van der Waals surface area contributed by atoms with Gasteiger partial charge in [-0.15, -0.1) is 0 Å². The van der Waals surface area contributed by atoms with Gasteiger partial charge in [0.05, 0.1) is 15.5 Å². The lowest BCUT2D eigenvalue weighted by atomic mass is 9.87. The van der Waals surface area contributed by atoms with Crippen LogP contribution in [0.1, 0.15) is 56.8 Å². The van der Waals surface area contributed by atoms with E-state index in [4.69, 9.17) is 11.6 Å². The van der Waals surface area contributed by atoms with Crippen LogP contribution in [-0.4, -0.2) is 26.4 Å². The van der Waals surface area contributed by atoms with Crippen molar-refractivity contribution in [3.05, 3.63) is 28.8 Å². The summed E-state index contributed by atoms with van der Waals surface area (Å²) in [5, 5.41) is 3.24. The van der Waals surface area contributed by atoms with E-state index in [1.165, 1.54) is 24.6 Å². The highest BCUT2D eigenvalue weighted by atomic mass is 35.5. The van der Waals surface area contributed by atoms with Crippen LogP contribution in [0.4, 0.5) is 0 Å². The van der Waals surface area contributed by atoms with Crippen molar-refractivity contribution in [3.8, 4) is 0 Å². The Bertz CT molecular complexity index is 704. The molecule has 1 aliphatic carbocycles. The molecule has 0 spiro atoms. The molecule has 24 heavy (non-hydrogen) atoms. The topological polar surface area (TPSA) is 75.3 Å². The van der Waals surface area contributed by atoms with Crippen LogP contribution in [0.15, 0.2) is 23.1 Å². The number of halogens is 1. The lowest BCUT2D eigenvalue weighted by molar-refractivity contribution is 0.0921. The number of carbonyl (C=O) groups is 1. The van der Waals surface area contributed by atoms with Crippen molar-refractivity contribution in [2.75, 3.05) is 0 Å². The molecular formula is C17H25ClN2O3S. The van der Waals surface area contributed by atoms with Crippen molar-refractivity contribution in [2.24, 2.45) is 5.92 Å². The number of carbonyl (C=O) groups excluding carboxylic acids is 1. The molecule has 0 aromatic heterocycles. The van der Waals surface area contributed by atoms with Gasteiger partial charge in [0.25, 0.3) is 5.91 Å². The lowest BCUT2D eigenvalue weighted by Crippen LogP contribution is -2.38. The average molecular weight is 373 g/mol. The molecule has 5 nitrogen and oxygen atoms in total. The maximum atomic E-state index is 12.5. The van der Waals surface area contributed by atoms with Crippen LogP contribution in [-0.2, 0) is 10.0 Å². The standard InChI is InChI=1S/C17H25ClN2O3S/c1-11(2)20-24(22,23)14-7-8-16(18)15(10-14)17(21)19-13-6-4-5-12(3)9-13/h7-8,10-13,20H,4-6,9H2,1-3H3,(H,19,21). The van der Waals surface area contributed by atoms with Gasteiger partial charge in [0.15, 0.2) is 0 Å². The third-order valence-corrected chi connectivity index (χ3v) is 6.14. The second-order valence-corrected chi connectivity index (χ2v) is 8.98. The maximum absolute atomic E-state index is 12.5. The number of nitrogens with one attached hydrogen (secondary N) is 2. The highest BCUT2D eigenvalue weighted by Gasteiger charge is 2.23. The van der Waals surface area contributed by atoms with Crippen molar-refractivity contribution in [1.29, 1.82) is 0 Å². The number of hydrogen-bond acceptors (Lipinski definition) is 3. The minimum absolute atomic E-state index is 0.0442. The predicted octanol–water partition coefficient (Wildman–Crippen LogP) is 3.34. The average Bonchev–Trinajstić information content (AvgIpc) is 2.46. The van der Waals surface area contributed by atoms with Gasteiger partial charge in [-0.25, -0.2) is 13.1 Å². The molecule has 1 aliphatic rings. The van der Waals surface area contributed by atoms with Crippen LogP contribution in [0.2, 0.25) is 5.02 Å². The second-order valence-electron chi connectivity index (χ2n) is 6.86. The van der Waals surface area contributed by atoms with E-state index in [0.717, 1.165) is 19.3 Å². The minimum atomic E-state index is -3.66. The first-order valence-electron chi connectivity index (χ1n) is 8.32. The molecular weight excluding hydrogens is 348 g/mol. The molecule has 1 saturated carbocycles. The van der Waals surface area contributed by atoms with Crippen molar-refractivity contribution in [3.63, 3.8) is 0 Å². The Labute approximate surface area is 149 Å². The van der Waals surface area contributed by atoms with Gasteiger partial charge >= 0.3 is 0 Å². The Kier molecular flexibility index (Phi) is 6.28. The molecule has 2 unspecified atom stereocenters. The molecule has 0 heterocycles. The smallest absolute Gasteiger partial charge is 0.253 e. The summed E-state index contributed by atoms with van der Waals surface area (Å²) in [6.07, 6.45) is 4.16. The normalized spacial score (nSPS) is 21.7. The maximum Gasteiger partial charge on any atom is 0.253 e. The fourth-order valence-electron chi connectivity index (χ4n) is 3.05. The summed E-state index contributed by atoms with van der Waals surface area (Å²) in [5.74, 6) is 0.266. The molecule has 2 N–H and O–H groups in total. The monoisotopic (exact) mass is 372 g/mol. The Morgan fingerprint density at radius 2 is 2.00 bits per heavy atom. The van der Waals surface area contributed by atoms with Crippen LogP contribution in [0, 0.1) is 5.92 Å². The van der Waals surface area contributed by atoms with Crippen molar-refractivity contribution in [1.82, 2.24) is 10.0 Å². The highest BCUT2D eigenvalue weighted by molar-refractivity contribution is 7.89. The molecule has 0 radical (unpaired) electrons. The van der Waals surface area contributed by atoms with Gasteiger partial charge in [0.2, 0.25) is 10.0 Å². The van der Waals surface area contributed by atoms with Gasteiger partial charge in [-0.05, 0) is 50.8 Å². The van der Waals surface area contributed by atoms with Crippen molar-refractivity contribution in [2.45, 2.75) is 63.4 Å². The van der Waals surface area contributed by atoms with Crippen molar-refractivity contribution >= 4 is 27.5 Å². The summed E-state index contributed by atoms with van der Waals surface area (Å²) < 4.78 is 27.1. The SMILES string of the molecule is CC1CCCC(NC(=O)c2cc(S(=O)(=O)NC(C)C)ccc2Cl)C1. The summed E-state index contributed by atoms with van der Waals surface area (Å²) in [5.41, 5.74) is 0.196. The van der Waals surface area contributed by atoms with E-state index in [0.29, 0.717) is 5.92 Å². The lowest BCUT2D eigenvalue weighted by Gasteiger charge is -2.27. The van der Waals surface area contributed by atoms with Gasteiger partial charge in [0.1, 0.15) is 0 Å². The molecule has 1 amide bonds. The third-order valence-electron chi connectivity index (χ3n) is 4.16. The molecule has 0 bridgehead atoms. The van der Waals surface area contributed by atoms with Gasteiger partial charge in [-0.2, -0.15) is 0 Å². The van der Waals surface area contributed by atoms with Crippen LogP contribution in [0.5, 0.6) is 0 Å². The molecule has 0 saturated heterocycles. The predicted molar refractivity (Wildman–Crippen MR) is 95.8 cm³/mol. The van der Waals surface area contributed by atoms with E-state index in [2.05, 4.69) is 17.0 Å². The zero-order valence-electron chi connectivity index (χ0n) is 14.3. The molecule has 134 valence electrons. The van der Waals surface area contributed by atoms with Crippen LogP contribution in [0.25, 0.3) is 0 Å². The van der Waals surface area contributed by atoms with Gasteiger partial charge < -0.3 is 5.32 Å². The Morgan fingerprint density at radius 1 is 1.29 bits per heavy atom. The van der Waals surface area contributed by atoms with Crippen LogP contribution >= 0.6 is 11.6 Å². The molecule has 0 aliphatic heterocycles. The highest BCUT2D eigenvalue weighted by Crippen LogP contribution is 2.25. The first kappa shape index (κ1) is 19.2. The largest absolute Gasteiger partial charge is 0.349 e. The summed E-state index contributed by atoms with van der Waals surface area (Å²) >= 11 is 6.12. The van der Waals surface area contributed by atoms with E-state index < -0.39 is 10.0 Å². The summed E-state index contributed by atoms with van der Waals surface area (Å²) in [6.45, 7) is 5.66. The number of rotatable bonds is 5. The zero-order chi connectivity index (χ0) is 17.9. The van der Waals surface area contributed by atoms with Crippen molar-refractivity contribution < 1.29 is 13.2 Å². The molecule has 7 heteroatoms. The molecule has 1 fully saturated rings. The Morgan fingerprint density at radius 3 is 2.62 bits per heavy atom. The Balaban J connectivity index is 2.20.